The summed E-state index contributed by atoms with van der Waals surface area (Å²) in [7, 11) is 0. The quantitative estimate of drug-likeness (QED) is 0.680. The molecule has 0 saturated carbocycles. The lowest BCUT2D eigenvalue weighted by Gasteiger charge is -2.08. The van der Waals surface area contributed by atoms with Gasteiger partial charge in [0, 0.05) is 18.8 Å². The molecular weight excluding hydrogens is 278 g/mol. The minimum atomic E-state index is 0.128. The lowest BCUT2D eigenvalue weighted by atomic mass is 10.3. The molecule has 0 aliphatic rings. The van der Waals surface area contributed by atoms with Crippen LogP contribution in [0.5, 0.6) is 0 Å². The topological polar surface area (TPSA) is 83.0 Å². The largest absolute Gasteiger partial charge is 0.396 e. The highest BCUT2D eigenvalue weighted by atomic mass is 35.5. The molecule has 0 aliphatic heterocycles. The van der Waals surface area contributed by atoms with Crippen molar-refractivity contribution in [3.8, 4) is 0 Å². The Bertz CT molecular complexity index is 538. The number of benzene rings is 1. The zero-order valence-corrected chi connectivity index (χ0v) is 11.6. The van der Waals surface area contributed by atoms with E-state index in [1.807, 2.05) is 30.3 Å². The monoisotopic (exact) mass is 293 g/mol. The minimum absolute atomic E-state index is 0.128. The van der Waals surface area contributed by atoms with Crippen molar-refractivity contribution in [3.05, 3.63) is 35.6 Å². The first-order valence-corrected chi connectivity index (χ1v) is 6.74. The molecule has 0 atom stereocenters. The number of halogens is 1. The molecule has 0 spiro atoms. The summed E-state index contributed by atoms with van der Waals surface area (Å²) in [6, 6.07) is 9.58. The van der Waals surface area contributed by atoms with Gasteiger partial charge in [-0.25, -0.2) is 0 Å². The van der Waals surface area contributed by atoms with Gasteiger partial charge in [-0.1, -0.05) is 18.2 Å². The molecule has 0 bridgehead atoms. The van der Waals surface area contributed by atoms with Crippen molar-refractivity contribution < 1.29 is 5.11 Å². The van der Waals surface area contributed by atoms with Crippen molar-refractivity contribution in [2.24, 2.45) is 0 Å². The lowest BCUT2D eigenvalue weighted by Crippen LogP contribution is -2.08. The fourth-order valence-electron chi connectivity index (χ4n) is 1.57. The predicted molar refractivity (Wildman–Crippen MR) is 79.4 cm³/mol. The summed E-state index contributed by atoms with van der Waals surface area (Å²) in [5, 5.41) is 15.0. The molecule has 0 aliphatic carbocycles. The molecule has 6 nitrogen and oxygen atoms in total. The van der Waals surface area contributed by atoms with E-state index < -0.39 is 0 Å². The highest BCUT2D eigenvalue weighted by Gasteiger charge is 2.04. The number of nitrogens with one attached hydrogen (secondary N) is 2. The number of para-hydroxylation sites is 1. The first kappa shape index (κ1) is 14.5. The van der Waals surface area contributed by atoms with Crippen molar-refractivity contribution in [2.45, 2.75) is 12.8 Å². The van der Waals surface area contributed by atoms with Gasteiger partial charge in [-0.05, 0) is 36.6 Å². The van der Waals surface area contributed by atoms with Gasteiger partial charge in [-0.3, -0.25) is 0 Å². The van der Waals surface area contributed by atoms with E-state index in [2.05, 4.69) is 25.6 Å². The minimum Gasteiger partial charge on any atom is -0.396 e. The van der Waals surface area contributed by atoms with Gasteiger partial charge in [0.25, 0.3) is 0 Å². The van der Waals surface area contributed by atoms with Crippen LogP contribution in [-0.4, -0.2) is 33.2 Å². The predicted octanol–water partition coefficient (Wildman–Crippen LogP) is 2.45. The molecule has 7 heteroatoms. The average molecular weight is 294 g/mol. The van der Waals surface area contributed by atoms with Crippen LogP contribution in [0.4, 0.5) is 17.6 Å². The van der Waals surface area contributed by atoms with Gasteiger partial charge >= 0.3 is 0 Å². The third-order valence-corrected chi connectivity index (χ3v) is 2.68. The summed E-state index contributed by atoms with van der Waals surface area (Å²) >= 11 is 5.87. The van der Waals surface area contributed by atoms with Gasteiger partial charge in [0.1, 0.15) is 0 Å². The molecule has 1 heterocycles. The van der Waals surface area contributed by atoms with E-state index in [9.17, 15) is 0 Å². The first-order chi connectivity index (χ1) is 9.78. The zero-order chi connectivity index (χ0) is 14.2. The Hall–Kier alpha value is -1.92. The van der Waals surface area contributed by atoms with E-state index in [0.29, 0.717) is 18.4 Å². The van der Waals surface area contributed by atoms with Crippen molar-refractivity contribution in [3.63, 3.8) is 0 Å². The molecule has 0 amide bonds. The Morgan fingerprint density at radius 3 is 2.50 bits per heavy atom. The van der Waals surface area contributed by atoms with Gasteiger partial charge in [0.2, 0.25) is 17.2 Å². The second-order valence-corrected chi connectivity index (χ2v) is 4.44. The lowest BCUT2D eigenvalue weighted by molar-refractivity contribution is 0.286. The van der Waals surface area contributed by atoms with Gasteiger partial charge in [-0.15, -0.1) is 0 Å². The number of rotatable bonds is 7. The average Bonchev–Trinajstić information content (AvgIpc) is 2.44. The van der Waals surface area contributed by atoms with Crippen LogP contribution in [0.15, 0.2) is 30.3 Å². The maximum Gasteiger partial charge on any atom is 0.233 e. The number of aromatic nitrogens is 3. The smallest absolute Gasteiger partial charge is 0.233 e. The maximum atomic E-state index is 8.72. The molecule has 3 N–H and O–H groups in total. The van der Waals surface area contributed by atoms with Crippen LogP contribution in [-0.2, 0) is 0 Å². The summed E-state index contributed by atoms with van der Waals surface area (Å²) in [4.78, 5) is 12.3. The highest BCUT2D eigenvalue weighted by molar-refractivity contribution is 6.28. The molecule has 0 fully saturated rings. The third-order valence-electron chi connectivity index (χ3n) is 2.51. The Balaban J connectivity index is 2.01. The van der Waals surface area contributed by atoms with E-state index in [-0.39, 0.29) is 11.9 Å². The van der Waals surface area contributed by atoms with Crippen LogP contribution in [0, 0.1) is 0 Å². The molecule has 2 rings (SSSR count). The van der Waals surface area contributed by atoms with Gasteiger partial charge < -0.3 is 15.7 Å². The van der Waals surface area contributed by atoms with Crippen LogP contribution < -0.4 is 10.6 Å². The second kappa shape index (κ2) is 7.62. The Kier molecular flexibility index (Phi) is 5.52. The summed E-state index contributed by atoms with van der Waals surface area (Å²) in [6.07, 6.45) is 1.57. The first-order valence-electron chi connectivity index (χ1n) is 6.36. The fourth-order valence-corrected chi connectivity index (χ4v) is 1.73. The SMILES string of the molecule is OCCCCNc1nc(Cl)nc(Nc2ccccc2)n1. The van der Waals surface area contributed by atoms with Crippen LogP contribution in [0.25, 0.3) is 0 Å². The van der Waals surface area contributed by atoms with Gasteiger partial charge in [-0.2, -0.15) is 15.0 Å². The van der Waals surface area contributed by atoms with Gasteiger partial charge in [0.05, 0.1) is 0 Å². The molecular formula is C13H16ClN5O. The fraction of sp³-hybridized carbons (Fsp3) is 0.308. The number of hydrogen-bond acceptors (Lipinski definition) is 6. The number of unbranched alkanes of at least 4 members (excludes halogenated alkanes) is 1. The third kappa shape index (κ3) is 4.64. The Morgan fingerprint density at radius 2 is 1.75 bits per heavy atom. The molecule has 1 aromatic heterocycles. The van der Waals surface area contributed by atoms with Crippen molar-refractivity contribution in [2.75, 3.05) is 23.8 Å². The van der Waals surface area contributed by atoms with E-state index in [0.717, 1.165) is 18.5 Å². The summed E-state index contributed by atoms with van der Waals surface area (Å²) in [6.45, 7) is 0.853. The summed E-state index contributed by atoms with van der Waals surface area (Å²) in [5.41, 5.74) is 0.876. The molecule has 1 aromatic carbocycles. The maximum absolute atomic E-state index is 8.72. The number of nitrogens with zero attached hydrogens (tertiary/aromatic N) is 3. The molecule has 106 valence electrons. The van der Waals surface area contributed by atoms with Crippen LogP contribution in [0.3, 0.4) is 0 Å². The van der Waals surface area contributed by atoms with Crippen LogP contribution >= 0.6 is 11.6 Å². The Labute approximate surface area is 122 Å². The normalized spacial score (nSPS) is 10.3. The van der Waals surface area contributed by atoms with E-state index >= 15 is 0 Å². The van der Waals surface area contributed by atoms with Crippen molar-refractivity contribution in [1.82, 2.24) is 15.0 Å². The summed E-state index contributed by atoms with van der Waals surface area (Å²) in [5.74, 6) is 0.808. The molecule has 0 saturated heterocycles. The molecule has 2 aromatic rings. The highest BCUT2D eigenvalue weighted by Crippen LogP contribution is 2.15. The molecule has 0 radical (unpaired) electrons. The number of anilines is 3. The summed E-state index contributed by atoms with van der Waals surface area (Å²) < 4.78 is 0. The van der Waals surface area contributed by atoms with Crippen molar-refractivity contribution >= 4 is 29.2 Å². The number of aliphatic hydroxyl groups is 1. The van der Waals surface area contributed by atoms with E-state index in [1.165, 1.54) is 0 Å². The standard InChI is InChI=1S/C13H16ClN5O/c14-11-17-12(15-8-4-5-9-20)19-13(18-11)16-10-6-2-1-3-7-10/h1-3,6-7,20H,4-5,8-9H2,(H2,15,16,17,18,19). The van der Waals surface area contributed by atoms with Gasteiger partial charge in [0.15, 0.2) is 0 Å². The van der Waals surface area contributed by atoms with Crippen LogP contribution in [0.1, 0.15) is 12.8 Å². The van der Waals surface area contributed by atoms with Crippen LogP contribution in [0.2, 0.25) is 5.28 Å². The molecule has 20 heavy (non-hydrogen) atoms. The number of aliphatic hydroxyl groups excluding tert-OH is 1. The van der Waals surface area contributed by atoms with E-state index in [4.69, 9.17) is 16.7 Å². The van der Waals surface area contributed by atoms with E-state index in [1.54, 1.807) is 0 Å². The Morgan fingerprint density at radius 1 is 1.00 bits per heavy atom. The number of hydrogen-bond donors (Lipinski definition) is 3. The van der Waals surface area contributed by atoms with Crippen molar-refractivity contribution in [1.29, 1.82) is 0 Å². The second-order valence-electron chi connectivity index (χ2n) is 4.10. The molecule has 0 unspecified atom stereocenters. The zero-order valence-electron chi connectivity index (χ0n) is 10.9.